The fourth-order valence-electron chi connectivity index (χ4n) is 1.42. The number of nitrogens with one attached hydrogen (secondary N) is 1. The van der Waals surface area contributed by atoms with Gasteiger partial charge in [-0.1, -0.05) is 30.7 Å². The van der Waals surface area contributed by atoms with E-state index in [2.05, 4.69) is 32.2 Å². The van der Waals surface area contributed by atoms with Crippen molar-refractivity contribution in [3.8, 4) is 0 Å². The first-order valence-corrected chi connectivity index (χ1v) is 5.52. The molecule has 0 unspecified atom stereocenters. The van der Waals surface area contributed by atoms with E-state index in [9.17, 15) is 0 Å². The van der Waals surface area contributed by atoms with Crippen molar-refractivity contribution in [2.24, 2.45) is 0 Å². The highest BCUT2D eigenvalue weighted by Crippen LogP contribution is 2.17. The maximum absolute atomic E-state index is 5.93. The van der Waals surface area contributed by atoms with Crippen LogP contribution >= 0.6 is 11.6 Å². The van der Waals surface area contributed by atoms with Crippen molar-refractivity contribution in [3.05, 3.63) is 34.9 Å². The summed E-state index contributed by atoms with van der Waals surface area (Å²) >= 11 is 5.93. The molecule has 0 fully saturated rings. The minimum absolute atomic E-state index is 0.364. The Morgan fingerprint density at radius 1 is 1.36 bits per heavy atom. The smallest absolute Gasteiger partial charge is 0.0409 e. The summed E-state index contributed by atoms with van der Waals surface area (Å²) in [6.07, 6.45) is 1.14. The highest BCUT2D eigenvalue weighted by atomic mass is 35.5. The van der Waals surface area contributed by atoms with Crippen LogP contribution < -0.4 is 5.32 Å². The second kappa shape index (κ2) is 5.38. The first-order valence-electron chi connectivity index (χ1n) is 5.15. The second-order valence-electron chi connectivity index (χ2n) is 3.75. The van der Waals surface area contributed by atoms with Gasteiger partial charge < -0.3 is 5.32 Å². The van der Waals surface area contributed by atoms with Crippen LogP contribution in [0.3, 0.4) is 0 Å². The third-order valence-corrected chi connectivity index (χ3v) is 2.73. The van der Waals surface area contributed by atoms with Crippen LogP contribution in [0.15, 0.2) is 24.3 Å². The number of halogens is 1. The minimum Gasteiger partial charge on any atom is -0.308 e. The standard InChI is InChI=1S/C12H18ClN/c1-4-9(2)14-10(3)11-6-5-7-12(13)8-11/h5-10,14H,4H2,1-3H3/t9-,10+/m1/s1. The highest BCUT2D eigenvalue weighted by Gasteiger charge is 2.07. The Morgan fingerprint density at radius 2 is 2.07 bits per heavy atom. The molecular weight excluding hydrogens is 194 g/mol. The Bertz CT molecular complexity index is 285. The molecule has 0 saturated carbocycles. The molecule has 2 atom stereocenters. The zero-order valence-corrected chi connectivity index (χ0v) is 9.81. The number of rotatable bonds is 4. The fourth-order valence-corrected chi connectivity index (χ4v) is 1.62. The van der Waals surface area contributed by atoms with E-state index in [1.165, 1.54) is 5.56 Å². The number of benzene rings is 1. The fraction of sp³-hybridized carbons (Fsp3) is 0.500. The zero-order valence-electron chi connectivity index (χ0n) is 9.05. The van der Waals surface area contributed by atoms with Gasteiger partial charge in [-0.25, -0.2) is 0 Å². The number of hydrogen-bond donors (Lipinski definition) is 1. The van der Waals surface area contributed by atoms with Gasteiger partial charge in [0.1, 0.15) is 0 Å². The van der Waals surface area contributed by atoms with E-state index < -0.39 is 0 Å². The molecule has 78 valence electrons. The van der Waals surface area contributed by atoms with E-state index in [0.717, 1.165) is 11.4 Å². The van der Waals surface area contributed by atoms with Crippen molar-refractivity contribution >= 4 is 11.6 Å². The van der Waals surface area contributed by atoms with Crippen LogP contribution in [0.2, 0.25) is 5.02 Å². The molecule has 0 spiro atoms. The van der Waals surface area contributed by atoms with Gasteiger partial charge in [-0.3, -0.25) is 0 Å². The molecule has 2 heteroatoms. The van der Waals surface area contributed by atoms with Crippen molar-refractivity contribution in [1.29, 1.82) is 0 Å². The summed E-state index contributed by atoms with van der Waals surface area (Å²) in [5.41, 5.74) is 1.25. The van der Waals surface area contributed by atoms with Gasteiger partial charge in [0.15, 0.2) is 0 Å². The Hall–Kier alpha value is -0.530. The van der Waals surface area contributed by atoms with Gasteiger partial charge in [0.2, 0.25) is 0 Å². The molecular formula is C12H18ClN. The van der Waals surface area contributed by atoms with Crippen molar-refractivity contribution in [1.82, 2.24) is 5.32 Å². The lowest BCUT2D eigenvalue weighted by atomic mass is 10.1. The summed E-state index contributed by atoms with van der Waals surface area (Å²) in [7, 11) is 0. The highest BCUT2D eigenvalue weighted by molar-refractivity contribution is 6.30. The summed E-state index contributed by atoms with van der Waals surface area (Å²) in [6, 6.07) is 8.92. The summed E-state index contributed by atoms with van der Waals surface area (Å²) in [5, 5.41) is 4.32. The van der Waals surface area contributed by atoms with Gasteiger partial charge in [-0.2, -0.15) is 0 Å². The van der Waals surface area contributed by atoms with Crippen LogP contribution in [-0.4, -0.2) is 6.04 Å². The average molecular weight is 212 g/mol. The topological polar surface area (TPSA) is 12.0 Å². The summed E-state index contributed by atoms with van der Waals surface area (Å²) in [4.78, 5) is 0. The van der Waals surface area contributed by atoms with Crippen LogP contribution in [-0.2, 0) is 0 Å². The van der Waals surface area contributed by atoms with Crippen molar-refractivity contribution in [3.63, 3.8) is 0 Å². The first-order chi connectivity index (χ1) is 6.63. The lowest BCUT2D eigenvalue weighted by molar-refractivity contribution is 0.469. The lowest BCUT2D eigenvalue weighted by Gasteiger charge is -2.19. The second-order valence-corrected chi connectivity index (χ2v) is 4.19. The van der Waals surface area contributed by atoms with Gasteiger partial charge in [0.25, 0.3) is 0 Å². The molecule has 0 aromatic heterocycles. The molecule has 1 aromatic rings. The van der Waals surface area contributed by atoms with Crippen LogP contribution in [0.5, 0.6) is 0 Å². The summed E-state index contributed by atoms with van der Waals surface area (Å²) < 4.78 is 0. The number of hydrogen-bond acceptors (Lipinski definition) is 1. The van der Waals surface area contributed by atoms with Crippen LogP contribution in [0.25, 0.3) is 0 Å². The van der Waals surface area contributed by atoms with Gasteiger partial charge in [0, 0.05) is 17.1 Å². The maximum Gasteiger partial charge on any atom is 0.0409 e. The van der Waals surface area contributed by atoms with Gasteiger partial charge in [0.05, 0.1) is 0 Å². The molecule has 0 aliphatic heterocycles. The minimum atomic E-state index is 0.364. The molecule has 0 radical (unpaired) electrons. The van der Waals surface area contributed by atoms with Crippen LogP contribution in [0.1, 0.15) is 38.8 Å². The van der Waals surface area contributed by atoms with E-state index in [1.807, 2.05) is 18.2 Å². The molecule has 0 aliphatic rings. The predicted octanol–water partition coefficient (Wildman–Crippen LogP) is 3.79. The molecule has 1 nitrogen and oxygen atoms in total. The first kappa shape index (κ1) is 11.5. The van der Waals surface area contributed by atoms with E-state index in [-0.39, 0.29) is 0 Å². The molecule has 14 heavy (non-hydrogen) atoms. The van der Waals surface area contributed by atoms with Crippen molar-refractivity contribution < 1.29 is 0 Å². The van der Waals surface area contributed by atoms with Gasteiger partial charge in [-0.05, 0) is 38.0 Å². The molecule has 1 N–H and O–H groups in total. The quantitative estimate of drug-likeness (QED) is 0.799. The third-order valence-electron chi connectivity index (χ3n) is 2.50. The molecule has 0 amide bonds. The molecule has 0 heterocycles. The zero-order chi connectivity index (χ0) is 10.6. The van der Waals surface area contributed by atoms with Crippen molar-refractivity contribution in [2.45, 2.75) is 39.3 Å². The molecule has 0 bridgehead atoms. The maximum atomic E-state index is 5.93. The van der Waals surface area contributed by atoms with Crippen LogP contribution in [0, 0.1) is 0 Å². The normalized spacial score (nSPS) is 15.1. The Labute approximate surface area is 91.5 Å². The monoisotopic (exact) mass is 211 g/mol. The molecule has 1 rings (SSSR count). The largest absolute Gasteiger partial charge is 0.308 e. The predicted molar refractivity (Wildman–Crippen MR) is 62.8 cm³/mol. The molecule has 0 aliphatic carbocycles. The summed E-state index contributed by atoms with van der Waals surface area (Å²) in [5.74, 6) is 0. The van der Waals surface area contributed by atoms with E-state index >= 15 is 0 Å². The SMILES string of the molecule is CC[C@@H](C)N[C@@H](C)c1cccc(Cl)c1. The van der Waals surface area contributed by atoms with Crippen molar-refractivity contribution in [2.75, 3.05) is 0 Å². The third kappa shape index (κ3) is 3.32. The van der Waals surface area contributed by atoms with Gasteiger partial charge in [-0.15, -0.1) is 0 Å². The van der Waals surface area contributed by atoms with E-state index in [0.29, 0.717) is 12.1 Å². The lowest BCUT2D eigenvalue weighted by Crippen LogP contribution is -2.28. The van der Waals surface area contributed by atoms with E-state index in [1.54, 1.807) is 0 Å². The van der Waals surface area contributed by atoms with E-state index in [4.69, 9.17) is 11.6 Å². The Balaban J connectivity index is 2.64. The van der Waals surface area contributed by atoms with Gasteiger partial charge >= 0.3 is 0 Å². The molecule has 0 saturated heterocycles. The summed E-state index contributed by atoms with van der Waals surface area (Å²) in [6.45, 7) is 6.54. The van der Waals surface area contributed by atoms with Crippen LogP contribution in [0.4, 0.5) is 0 Å². The molecule has 1 aromatic carbocycles. The Morgan fingerprint density at radius 3 is 2.64 bits per heavy atom. The average Bonchev–Trinajstić information content (AvgIpc) is 2.17. The Kier molecular flexibility index (Phi) is 4.43.